The van der Waals surface area contributed by atoms with Crippen molar-refractivity contribution in [2.45, 2.75) is 0 Å². The highest BCUT2D eigenvalue weighted by molar-refractivity contribution is 5.80. The Balaban J connectivity index is 2.14. The first-order valence-electron chi connectivity index (χ1n) is 5.63. The molecule has 0 unspecified atom stereocenters. The largest absolute Gasteiger partial charge is 0.481 e. The molecular weight excluding hydrogens is 247 g/mol. The van der Waals surface area contributed by atoms with Gasteiger partial charge in [0.2, 0.25) is 5.88 Å². The molecule has 0 amide bonds. The van der Waals surface area contributed by atoms with Crippen LogP contribution in [0, 0.1) is 5.82 Å². The van der Waals surface area contributed by atoms with E-state index in [1.54, 1.807) is 19.2 Å². The summed E-state index contributed by atoms with van der Waals surface area (Å²) in [5.41, 5.74) is 8.04. The van der Waals surface area contributed by atoms with Crippen LogP contribution in [0.2, 0.25) is 0 Å². The van der Waals surface area contributed by atoms with Gasteiger partial charge in [-0.25, -0.2) is 9.37 Å². The van der Waals surface area contributed by atoms with Crippen molar-refractivity contribution in [3.05, 3.63) is 36.1 Å². The van der Waals surface area contributed by atoms with Gasteiger partial charge in [0.05, 0.1) is 12.6 Å². The zero-order valence-electron chi connectivity index (χ0n) is 10.1. The quantitative estimate of drug-likeness (QED) is 0.692. The summed E-state index contributed by atoms with van der Waals surface area (Å²) in [5.74, 6) is 0.656. The number of aromatic amines is 1. The van der Waals surface area contributed by atoms with Gasteiger partial charge in [-0.05, 0) is 24.3 Å². The fraction of sp³-hybridized carbons (Fsp3) is 0.0769. The van der Waals surface area contributed by atoms with Crippen molar-refractivity contribution < 1.29 is 9.13 Å². The smallest absolute Gasteiger partial charge is 0.215 e. The first kappa shape index (κ1) is 11.5. The van der Waals surface area contributed by atoms with Gasteiger partial charge in [0.25, 0.3) is 0 Å². The number of aromatic nitrogens is 3. The van der Waals surface area contributed by atoms with E-state index in [9.17, 15) is 4.39 Å². The van der Waals surface area contributed by atoms with E-state index in [-0.39, 0.29) is 5.82 Å². The molecular formula is C13H11FN4O. The number of anilines is 1. The van der Waals surface area contributed by atoms with Crippen LogP contribution in [0.25, 0.3) is 22.6 Å². The van der Waals surface area contributed by atoms with Crippen LogP contribution in [0.4, 0.5) is 10.1 Å². The maximum absolute atomic E-state index is 13.0. The summed E-state index contributed by atoms with van der Waals surface area (Å²) in [5, 5.41) is 0. The van der Waals surface area contributed by atoms with Crippen LogP contribution in [0.15, 0.2) is 30.3 Å². The third-order valence-electron chi connectivity index (χ3n) is 2.80. The second kappa shape index (κ2) is 4.24. The number of H-pyrrole nitrogens is 1. The summed E-state index contributed by atoms with van der Waals surface area (Å²) in [4.78, 5) is 11.6. The van der Waals surface area contributed by atoms with E-state index in [0.717, 1.165) is 5.52 Å². The number of halogens is 1. The number of nitrogens with two attached hydrogens (primary N) is 1. The molecule has 0 aliphatic rings. The van der Waals surface area contributed by atoms with E-state index in [2.05, 4.69) is 15.0 Å². The Morgan fingerprint density at radius 3 is 2.79 bits per heavy atom. The van der Waals surface area contributed by atoms with Gasteiger partial charge in [0.15, 0.2) is 5.65 Å². The van der Waals surface area contributed by atoms with Crippen LogP contribution in [-0.4, -0.2) is 22.1 Å². The molecule has 6 heteroatoms. The van der Waals surface area contributed by atoms with Crippen LogP contribution in [0.1, 0.15) is 0 Å². The van der Waals surface area contributed by atoms with Crippen LogP contribution in [-0.2, 0) is 0 Å². The molecule has 0 saturated carbocycles. The molecule has 0 aliphatic carbocycles. The molecule has 96 valence electrons. The first-order chi connectivity index (χ1) is 9.17. The van der Waals surface area contributed by atoms with E-state index < -0.39 is 0 Å². The predicted octanol–water partition coefficient (Wildman–Crippen LogP) is 2.35. The van der Waals surface area contributed by atoms with Crippen molar-refractivity contribution in [3.63, 3.8) is 0 Å². The summed E-state index contributed by atoms with van der Waals surface area (Å²) in [6, 6.07) is 7.73. The lowest BCUT2D eigenvalue weighted by Gasteiger charge is -2.01. The number of fused-ring (bicyclic) bond motifs is 1. The fourth-order valence-electron chi connectivity index (χ4n) is 1.87. The summed E-state index contributed by atoms with van der Waals surface area (Å²) in [7, 11) is 1.54. The number of hydrogen-bond donors (Lipinski definition) is 2. The number of methoxy groups -OCH3 is 1. The van der Waals surface area contributed by atoms with E-state index in [1.165, 1.54) is 12.1 Å². The molecule has 0 atom stereocenters. The molecule has 19 heavy (non-hydrogen) atoms. The van der Waals surface area contributed by atoms with Gasteiger partial charge >= 0.3 is 0 Å². The molecule has 1 aromatic carbocycles. The van der Waals surface area contributed by atoms with E-state index >= 15 is 0 Å². The molecule has 0 saturated heterocycles. The highest BCUT2D eigenvalue weighted by Crippen LogP contribution is 2.26. The number of pyridine rings is 1. The molecule has 3 rings (SSSR count). The summed E-state index contributed by atoms with van der Waals surface area (Å²) in [6.07, 6.45) is 0. The topological polar surface area (TPSA) is 76.8 Å². The molecule has 0 aliphatic heterocycles. The monoisotopic (exact) mass is 258 g/mol. The molecule has 3 aromatic rings. The number of imidazole rings is 1. The van der Waals surface area contributed by atoms with Gasteiger partial charge in [-0.2, -0.15) is 4.98 Å². The number of nitrogens with zero attached hydrogens (tertiary/aromatic N) is 2. The lowest BCUT2D eigenvalue weighted by atomic mass is 10.1. The second-order valence-corrected chi connectivity index (χ2v) is 4.04. The Morgan fingerprint density at radius 1 is 1.21 bits per heavy atom. The number of nitrogens with one attached hydrogen (secondary N) is 1. The number of ether oxygens (including phenoxy) is 1. The van der Waals surface area contributed by atoms with Crippen molar-refractivity contribution >= 4 is 16.9 Å². The molecule has 3 N–H and O–H groups in total. The average Bonchev–Trinajstić information content (AvgIpc) is 2.80. The fourth-order valence-corrected chi connectivity index (χ4v) is 1.87. The normalized spacial score (nSPS) is 10.8. The minimum atomic E-state index is -0.378. The third-order valence-corrected chi connectivity index (χ3v) is 2.80. The van der Waals surface area contributed by atoms with Crippen LogP contribution < -0.4 is 10.5 Å². The second-order valence-electron chi connectivity index (χ2n) is 4.04. The van der Waals surface area contributed by atoms with Gasteiger partial charge in [0, 0.05) is 17.3 Å². The Labute approximate surface area is 108 Å². The van der Waals surface area contributed by atoms with Gasteiger partial charge in [-0.1, -0.05) is 0 Å². The first-order valence-corrected chi connectivity index (χ1v) is 5.63. The van der Waals surface area contributed by atoms with E-state index in [4.69, 9.17) is 10.5 Å². The molecule has 0 bridgehead atoms. The standard InChI is InChI=1S/C13H11FN4O/c1-19-11-5-4-10-13(17-11)18-12(16-10)8-3-2-7(14)6-9(8)15/h2-6H,15H2,1H3,(H,16,17,18). The zero-order chi connectivity index (χ0) is 13.4. The SMILES string of the molecule is COc1ccc2[nH]c(-c3ccc(F)cc3N)nc2n1. The Morgan fingerprint density at radius 2 is 2.05 bits per heavy atom. The number of benzene rings is 1. The molecule has 0 radical (unpaired) electrons. The highest BCUT2D eigenvalue weighted by Gasteiger charge is 2.10. The molecule has 2 heterocycles. The number of hydrogen-bond acceptors (Lipinski definition) is 4. The van der Waals surface area contributed by atoms with E-state index in [1.807, 2.05) is 6.07 Å². The van der Waals surface area contributed by atoms with Crippen molar-refractivity contribution in [1.29, 1.82) is 0 Å². The minimum absolute atomic E-state index is 0.325. The Kier molecular flexibility index (Phi) is 2.56. The van der Waals surface area contributed by atoms with Gasteiger partial charge in [0.1, 0.15) is 11.6 Å². The zero-order valence-corrected chi connectivity index (χ0v) is 10.1. The predicted molar refractivity (Wildman–Crippen MR) is 70.2 cm³/mol. The molecule has 2 aromatic heterocycles. The van der Waals surface area contributed by atoms with Crippen LogP contribution >= 0.6 is 0 Å². The van der Waals surface area contributed by atoms with Crippen molar-refractivity contribution in [1.82, 2.24) is 15.0 Å². The van der Waals surface area contributed by atoms with E-state index in [0.29, 0.717) is 28.6 Å². The van der Waals surface area contributed by atoms with Gasteiger partial charge in [-0.3, -0.25) is 0 Å². The van der Waals surface area contributed by atoms with Gasteiger partial charge < -0.3 is 15.5 Å². The molecule has 0 spiro atoms. The Hall–Kier alpha value is -2.63. The highest BCUT2D eigenvalue weighted by atomic mass is 19.1. The molecule has 5 nitrogen and oxygen atoms in total. The lowest BCUT2D eigenvalue weighted by Crippen LogP contribution is -1.92. The molecule has 0 fully saturated rings. The lowest BCUT2D eigenvalue weighted by molar-refractivity contribution is 0.399. The Bertz CT molecular complexity index is 753. The van der Waals surface area contributed by atoms with Crippen LogP contribution in [0.3, 0.4) is 0 Å². The third kappa shape index (κ3) is 1.97. The minimum Gasteiger partial charge on any atom is -0.481 e. The number of nitrogen functional groups attached to an aromatic ring is 1. The summed E-state index contributed by atoms with van der Waals surface area (Å²) in [6.45, 7) is 0. The van der Waals surface area contributed by atoms with Gasteiger partial charge in [-0.15, -0.1) is 0 Å². The summed E-state index contributed by atoms with van der Waals surface area (Å²) < 4.78 is 18.1. The van der Waals surface area contributed by atoms with Crippen LogP contribution in [0.5, 0.6) is 5.88 Å². The number of rotatable bonds is 2. The maximum atomic E-state index is 13.0. The van der Waals surface area contributed by atoms with Crippen molar-refractivity contribution in [3.8, 4) is 17.3 Å². The average molecular weight is 258 g/mol. The summed E-state index contributed by atoms with van der Waals surface area (Å²) >= 11 is 0. The van der Waals surface area contributed by atoms with Crippen molar-refractivity contribution in [2.75, 3.05) is 12.8 Å². The van der Waals surface area contributed by atoms with Crippen molar-refractivity contribution in [2.24, 2.45) is 0 Å². The maximum Gasteiger partial charge on any atom is 0.215 e.